The van der Waals surface area contributed by atoms with Crippen molar-refractivity contribution >= 4 is 134 Å². The Morgan fingerprint density at radius 3 is 0.838 bits per heavy atom. The average Bonchev–Trinajstić information content (AvgIpc) is 1.52. The number of aliphatic hydroxyl groups is 5. The van der Waals surface area contributed by atoms with E-state index in [2.05, 4.69) is 95.8 Å². The first-order valence-electron chi connectivity index (χ1n) is 40.8. The molecule has 0 radical (unpaired) electrons. The first-order valence-corrected chi connectivity index (χ1v) is 45.5. The molecule has 130 heavy (non-hydrogen) atoms. The molecule has 20 atom stereocenters. The van der Waals surface area contributed by atoms with E-state index in [1.807, 2.05) is 213 Å². The third-order valence-corrected chi connectivity index (χ3v) is 29.7. The lowest BCUT2D eigenvalue weighted by Crippen LogP contribution is -2.52. The number of pyridine rings is 4. The van der Waals surface area contributed by atoms with Gasteiger partial charge in [-0.15, -0.1) is 0 Å². The van der Waals surface area contributed by atoms with Gasteiger partial charge >= 0.3 is 23.9 Å². The Labute approximate surface area is 799 Å². The highest BCUT2D eigenvalue weighted by Gasteiger charge is 2.83. The van der Waals surface area contributed by atoms with Crippen molar-refractivity contribution in [1.29, 1.82) is 10.5 Å². The van der Waals surface area contributed by atoms with E-state index in [0.717, 1.165) is 40.1 Å². The van der Waals surface area contributed by atoms with Crippen LogP contribution in [0.3, 0.4) is 0 Å². The standard InChI is InChI=1S/2C25H18BrClN2O4.C25H21BrClNO4.C24H19BrClNO5/c2*1-32-23(30)20-18(12-28)24(31)22-19(11-17(27)13-29-22)33-25(24,15-7-9-16(26)10-8-15)21(20)14-5-3-2-4-6-14;1-14-20(23(29)31-2)21(15-6-4-3-5-7-15)25(16-8-10-17(26)11-9-16)24(14,30)22-19(32-25)12-18(27)13-28-22;1-31-22(29)18-19(13-5-3-2-4-6-13)24(14-7-9-15(25)10-8-14)23(30,21(18)28)20-17(32-24)11-16(26)12-27-20/h2*2-11,13,18,20-21,31H,1H3;3-14,20-21,30H,1-2H3;2-12,18-19,21,28,30H,1H3/t2*18-,20-,21+,24+,25-;14-,20+,21-,24-,25+;18-,19-,21-,23+,24+/m0011/s1. The molecule has 23 nitrogen and oxygen atoms in total. The number of carbonyl (C=O) groups excluding carboxylic acids is 4. The van der Waals surface area contributed by atoms with Crippen LogP contribution in [0.4, 0.5) is 0 Å². The molecule has 4 aliphatic carbocycles. The number of aliphatic hydroxyl groups excluding tert-OH is 1. The molecule has 0 unspecified atom stereocenters. The van der Waals surface area contributed by atoms with Gasteiger partial charge in [-0.3, -0.25) is 39.1 Å². The third-order valence-electron chi connectivity index (χ3n) is 26.7. The van der Waals surface area contributed by atoms with E-state index in [4.69, 9.17) is 84.3 Å². The van der Waals surface area contributed by atoms with Gasteiger partial charge in [0, 0.05) is 96.5 Å². The van der Waals surface area contributed by atoms with Crippen molar-refractivity contribution in [3.63, 3.8) is 0 Å². The quantitative estimate of drug-likeness (QED) is 0.0560. The van der Waals surface area contributed by atoms with Crippen LogP contribution in [0.2, 0.25) is 20.1 Å². The van der Waals surface area contributed by atoms with Crippen molar-refractivity contribution in [3.8, 4) is 35.1 Å². The molecule has 0 spiro atoms. The molecule has 8 heterocycles. The molecule has 12 aromatic rings. The molecule has 5 N–H and O–H groups in total. The van der Waals surface area contributed by atoms with Crippen molar-refractivity contribution in [1.82, 2.24) is 19.9 Å². The van der Waals surface area contributed by atoms with E-state index >= 15 is 0 Å². The Morgan fingerprint density at radius 1 is 0.346 bits per heavy atom. The highest BCUT2D eigenvalue weighted by molar-refractivity contribution is 9.11. The van der Waals surface area contributed by atoms with Crippen molar-refractivity contribution < 1.29 is 82.6 Å². The number of rotatable bonds is 12. The van der Waals surface area contributed by atoms with Crippen LogP contribution in [0.25, 0.3) is 0 Å². The Bertz CT molecular complexity index is 6110. The molecule has 0 amide bonds. The average molecular weight is 2080 g/mol. The molecule has 4 aliphatic heterocycles. The molecule has 0 bridgehead atoms. The van der Waals surface area contributed by atoms with Crippen LogP contribution in [0, 0.1) is 64.1 Å². The summed E-state index contributed by atoms with van der Waals surface area (Å²) in [5, 5.41) is 83.3. The molecule has 660 valence electrons. The van der Waals surface area contributed by atoms with Gasteiger partial charge in [-0.1, -0.05) is 287 Å². The molecular weight excluding hydrogens is 2010 g/mol. The number of fused-ring (bicyclic) bond motifs is 12. The maximum absolute atomic E-state index is 13.1. The second kappa shape index (κ2) is 35.1. The summed E-state index contributed by atoms with van der Waals surface area (Å²) < 4.78 is 50.3. The molecule has 0 saturated heterocycles. The van der Waals surface area contributed by atoms with Crippen LogP contribution >= 0.6 is 110 Å². The first kappa shape index (κ1) is 91.2. The monoisotopic (exact) mass is 2080 g/mol. The molecular formula is C99H76Br4Cl4N6O17. The van der Waals surface area contributed by atoms with Crippen LogP contribution in [-0.2, 0) is 82.9 Å². The van der Waals surface area contributed by atoms with Crippen LogP contribution in [0.15, 0.2) is 285 Å². The van der Waals surface area contributed by atoms with Gasteiger partial charge in [-0.2, -0.15) is 10.5 Å². The third kappa shape index (κ3) is 13.6. The first-order chi connectivity index (χ1) is 62.4. The number of benzene rings is 8. The number of nitriles is 2. The van der Waals surface area contributed by atoms with Gasteiger partial charge in [0.05, 0.1) is 96.2 Å². The number of hydrogen-bond acceptors (Lipinski definition) is 23. The smallest absolute Gasteiger partial charge is 0.312 e. The topological polar surface area (TPSA) is 342 Å². The number of esters is 4. The van der Waals surface area contributed by atoms with Crippen LogP contribution in [0.5, 0.6) is 23.0 Å². The van der Waals surface area contributed by atoms with Crippen molar-refractivity contribution in [2.45, 2.75) is 81.5 Å². The molecule has 31 heteroatoms. The Hall–Kier alpha value is -10.7. The van der Waals surface area contributed by atoms with Crippen LogP contribution < -0.4 is 18.9 Å². The molecule has 4 aromatic heterocycles. The van der Waals surface area contributed by atoms with Crippen molar-refractivity contribution in [2.75, 3.05) is 28.4 Å². The van der Waals surface area contributed by atoms with Crippen molar-refractivity contribution in [3.05, 3.63) is 373 Å². The number of carbonyl (C=O) groups is 4. The maximum atomic E-state index is 13.1. The zero-order valence-corrected chi connectivity index (χ0v) is 78.5. The van der Waals surface area contributed by atoms with Crippen LogP contribution in [0.1, 0.15) is 97.9 Å². The van der Waals surface area contributed by atoms with Gasteiger partial charge in [0.25, 0.3) is 0 Å². The second-order valence-corrected chi connectivity index (χ2v) is 38.0. The number of methoxy groups -OCH3 is 4. The summed E-state index contributed by atoms with van der Waals surface area (Å²) in [4.78, 5) is 70.0. The predicted octanol–water partition coefficient (Wildman–Crippen LogP) is 18.5. The van der Waals surface area contributed by atoms with Crippen LogP contribution in [-0.4, -0.2) is 104 Å². The van der Waals surface area contributed by atoms with Gasteiger partial charge in [0.2, 0.25) is 0 Å². The summed E-state index contributed by atoms with van der Waals surface area (Å²) in [6.07, 6.45) is 4.12. The lowest BCUT2D eigenvalue weighted by atomic mass is 9.71. The van der Waals surface area contributed by atoms with Gasteiger partial charge in [0.1, 0.15) is 51.9 Å². The van der Waals surface area contributed by atoms with E-state index in [1.54, 1.807) is 36.4 Å². The van der Waals surface area contributed by atoms with Gasteiger partial charge in [-0.25, -0.2) is 0 Å². The zero-order valence-electron chi connectivity index (χ0n) is 69.2. The fourth-order valence-electron chi connectivity index (χ4n) is 21.7. The lowest BCUT2D eigenvalue weighted by Gasteiger charge is -2.40. The summed E-state index contributed by atoms with van der Waals surface area (Å²) in [5.74, 6) is -10.6. The molecule has 8 aliphatic rings. The fraction of sp³-hybridized carbons (Fsp3) is 0.253. The van der Waals surface area contributed by atoms with Gasteiger partial charge < -0.3 is 63.4 Å². The van der Waals surface area contributed by atoms with Gasteiger partial charge in [-0.05, 0) is 93.0 Å². The van der Waals surface area contributed by atoms with E-state index in [-0.39, 0.29) is 34.3 Å². The molecule has 4 fully saturated rings. The Kier molecular flexibility index (Phi) is 24.6. The molecule has 20 rings (SSSR count). The summed E-state index contributed by atoms with van der Waals surface area (Å²) in [6.45, 7) is 1.85. The fourth-order valence-corrected chi connectivity index (χ4v) is 23.4. The number of halogens is 8. The number of ether oxygens (including phenoxy) is 8. The lowest BCUT2D eigenvalue weighted by molar-refractivity contribution is -0.162. The highest BCUT2D eigenvalue weighted by Crippen LogP contribution is 2.75. The largest absolute Gasteiger partial charge is 0.476 e. The minimum Gasteiger partial charge on any atom is -0.476 e. The normalized spacial score (nSPS) is 29.9. The highest BCUT2D eigenvalue weighted by atomic mass is 79.9. The number of hydrogen-bond donors (Lipinski definition) is 5. The molecule has 8 aromatic carbocycles. The Morgan fingerprint density at radius 2 is 0.569 bits per heavy atom. The molecule has 4 saturated carbocycles. The predicted molar refractivity (Wildman–Crippen MR) is 491 cm³/mol. The zero-order chi connectivity index (χ0) is 92.1. The summed E-state index contributed by atoms with van der Waals surface area (Å²) in [6, 6.07) is 77.5. The minimum atomic E-state index is -2.04. The SMILES string of the molecule is COC(=O)[C@@H]1[C@@H](c2ccccc2)[C@]2(c3ccc(Br)cc3)Oc3cc(Cl)cnc3[C@]2(O)[C@H]1C#N.COC(=O)[C@@H]1[C@@H](c2ccccc2)[C@]2(c3ccc(Br)cc3)Oc3cc(Cl)cnc3[C@]2(O)[C@H]1C#N.COC(=O)[C@H]1[C@@H](C)[C@@]2(O)c3ncc(Cl)cc3O[C@@]2(c2ccc(Br)cc2)[C@@H]1c1ccccc1.COC(=O)[C@H]1[C@@H](O)[C@@]2(O)c3ncc(Cl)cc3O[C@@]2(c2ccc(Br)cc2)[C@@H]1c1ccccc1. The van der Waals surface area contributed by atoms with E-state index in [0.29, 0.717) is 53.8 Å². The number of aromatic nitrogens is 4. The summed E-state index contributed by atoms with van der Waals surface area (Å²) in [7, 11) is 5.18. The second-order valence-electron chi connectivity index (χ2n) is 32.6. The maximum Gasteiger partial charge on any atom is 0.312 e. The Balaban J connectivity index is 0.000000121. The van der Waals surface area contributed by atoms with Gasteiger partial charge in [0.15, 0.2) is 44.8 Å². The van der Waals surface area contributed by atoms with E-state index in [1.165, 1.54) is 53.2 Å². The van der Waals surface area contributed by atoms with Crippen molar-refractivity contribution in [2.24, 2.45) is 41.4 Å². The van der Waals surface area contributed by atoms with E-state index in [9.17, 15) is 55.2 Å². The minimum absolute atomic E-state index is 0.129. The number of nitrogens with zero attached hydrogens (tertiary/aromatic N) is 6. The van der Waals surface area contributed by atoms with E-state index < -0.39 is 140 Å². The summed E-state index contributed by atoms with van der Waals surface area (Å²) in [5.41, 5.74) is -7.07. The summed E-state index contributed by atoms with van der Waals surface area (Å²) >= 11 is 38.6.